The number of thiophene rings is 1. The minimum Gasteiger partial charge on any atom is -0.378 e. The number of nitrogens with one attached hydrogen (secondary N) is 1. The van der Waals surface area contributed by atoms with E-state index in [2.05, 4.69) is 15.6 Å². The van der Waals surface area contributed by atoms with Crippen LogP contribution < -0.4 is 10.2 Å². The van der Waals surface area contributed by atoms with Gasteiger partial charge in [0.05, 0.1) is 18.9 Å². The lowest BCUT2D eigenvalue weighted by molar-refractivity contribution is -0.111. The number of nitrogens with zero attached hydrogens (tertiary/aromatic N) is 2. The fourth-order valence-corrected chi connectivity index (χ4v) is 4.26. The van der Waals surface area contributed by atoms with Crippen molar-refractivity contribution in [2.75, 3.05) is 36.5 Å². The van der Waals surface area contributed by atoms with Gasteiger partial charge in [0.15, 0.2) is 5.13 Å². The van der Waals surface area contributed by atoms with Crippen LogP contribution in [0.15, 0.2) is 52.5 Å². The number of anilines is 2. The molecule has 0 unspecified atom stereocenters. The summed E-state index contributed by atoms with van der Waals surface area (Å²) in [6.07, 6.45) is 3.35. The molecule has 1 amide bonds. The number of amides is 1. The van der Waals surface area contributed by atoms with Gasteiger partial charge >= 0.3 is 0 Å². The Labute approximate surface area is 165 Å². The Morgan fingerprint density at radius 2 is 1.96 bits per heavy atom. The fourth-order valence-electron chi connectivity index (χ4n) is 2.75. The molecule has 0 atom stereocenters. The maximum absolute atomic E-state index is 12.0. The van der Waals surface area contributed by atoms with Crippen LogP contribution >= 0.6 is 22.7 Å². The van der Waals surface area contributed by atoms with Gasteiger partial charge in [0.25, 0.3) is 0 Å². The molecule has 3 heterocycles. The van der Waals surface area contributed by atoms with Crippen molar-refractivity contribution in [2.24, 2.45) is 0 Å². The molecule has 0 spiro atoms. The molecule has 27 heavy (non-hydrogen) atoms. The quantitative estimate of drug-likeness (QED) is 0.650. The molecule has 138 valence electrons. The highest BCUT2D eigenvalue weighted by Gasteiger charge is 2.15. The largest absolute Gasteiger partial charge is 0.378 e. The van der Waals surface area contributed by atoms with E-state index in [4.69, 9.17) is 9.72 Å². The molecule has 0 radical (unpaired) electrons. The summed E-state index contributed by atoms with van der Waals surface area (Å²) < 4.78 is 5.39. The minimum atomic E-state index is -0.141. The average molecular weight is 398 g/mol. The summed E-state index contributed by atoms with van der Waals surface area (Å²) in [5, 5.41) is 9.96. The maximum Gasteiger partial charge on any atom is 0.248 e. The van der Waals surface area contributed by atoms with Crippen LogP contribution in [0.25, 0.3) is 17.3 Å². The highest BCUT2D eigenvalue weighted by atomic mass is 32.1. The first kappa shape index (κ1) is 17.9. The van der Waals surface area contributed by atoms with Crippen molar-refractivity contribution in [3.63, 3.8) is 0 Å². The van der Waals surface area contributed by atoms with E-state index in [9.17, 15) is 4.79 Å². The standard InChI is InChI=1S/C20H19N3O2S2/c24-19(6-1-15-7-12-26-13-15)21-17-4-2-16(3-5-17)18-14-27-20(22-18)23-8-10-25-11-9-23/h1-7,12-14H,8-11H2,(H,21,24)/b6-1+. The predicted octanol–water partition coefficient (Wildman–Crippen LogP) is 4.36. The number of thiazole rings is 1. The van der Waals surface area contributed by atoms with Gasteiger partial charge in [-0.2, -0.15) is 11.3 Å². The SMILES string of the molecule is O=C(/C=C/c1ccsc1)Nc1ccc(-c2csc(N3CCOCC3)n2)cc1. The molecule has 1 saturated heterocycles. The van der Waals surface area contributed by atoms with E-state index in [0.29, 0.717) is 0 Å². The molecular formula is C20H19N3O2S2. The molecule has 1 aliphatic rings. The van der Waals surface area contributed by atoms with Crippen molar-refractivity contribution in [3.05, 3.63) is 58.1 Å². The molecule has 1 N–H and O–H groups in total. The number of morpholine rings is 1. The summed E-state index contributed by atoms with van der Waals surface area (Å²) in [5.41, 5.74) is 3.79. The number of carbonyl (C=O) groups is 1. The van der Waals surface area contributed by atoms with Gasteiger partial charge in [0.2, 0.25) is 5.91 Å². The van der Waals surface area contributed by atoms with E-state index in [1.165, 1.54) is 0 Å². The summed E-state index contributed by atoms with van der Waals surface area (Å²) in [5.74, 6) is -0.141. The van der Waals surface area contributed by atoms with Gasteiger partial charge in [0, 0.05) is 35.8 Å². The van der Waals surface area contributed by atoms with Crippen molar-refractivity contribution in [1.29, 1.82) is 0 Å². The van der Waals surface area contributed by atoms with Crippen molar-refractivity contribution >= 4 is 45.5 Å². The van der Waals surface area contributed by atoms with Crippen molar-refractivity contribution in [1.82, 2.24) is 4.98 Å². The summed E-state index contributed by atoms with van der Waals surface area (Å²) in [4.78, 5) is 19.0. The second-order valence-corrected chi connectivity index (χ2v) is 7.69. The summed E-state index contributed by atoms with van der Waals surface area (Å²) in [6, 6.07) is 9.74. The minimum absolute atomic E-state index is 0.141. The lowest BCUT2D eigenvalue weighted by atomic mass is 10.1. The predicted molar refractivity (Wildman–Crippen MR) is 113 cm³/mol. The van der Waals surface area contributed by atoms with E-state index in [1.807, 2.05) is 47.2 Å². The number of hydrogen-bond donors (Lipinski definition) is 1. The smallest absolute Gasteiger partial charge is 0.248 e. The Balaban J connectivity index is 1.38. The summed E-state index contributed by atoms with van der Waals surface area (Å²) in [6.45, 7) is 3.28. The van der Waals surface area contributed by atoms with Crippen LogP contribution in [0.1, 0.15) is 5.56 Å². The Morgan fingerprint density at radius 1 is 1.15 bits per heavy atom. The van der Waals surface area contributed by atoms with Crippen LogP contribution in [-0.2, 0) is 9.53 Å². The zero-order valence-corrected chi connectivity index (χ0v) is 16.3. The molecule has 0 bridgehead atoms. The number of rotatable bonds is 5. The van der Waals surface area contributed by atoms with Gasteiger partial charge in [-0.25, -0.2) is 4.98 Å². The molecule has 2 aromatic heterocycles. The molecule has 1 aromatic carbocycles. The van der Waals surface area contributed by atoms with Crippen LogP contribution in [0.2, 0.25) is 0 Å². The first-order valence-corrected chi connectivity index (χ1v) is 10.5. The lowest BCUT2D eigenvalue weighted by Crippen LogP contribution is -2.36. The van der Waals surface area contributed by atoms with Crippen LogP contribution in [0.5, 0.6) is 0 Å². The zero-order valence-electron chi connectivity index (χ0n) is 14.6. The van der Waals surface area contributed by atoms with Crippen molar-refractivity contribution in [3.8, 4) is 11.3 Å². The van der Waals surface area contributed by atoms with E-state index in [-0.39, 0.29) is 5.91 Å². The van der Waals surface area contributed by atoms with Crippen LogP contribution in [0.4, 0.5) is 10.8 Å². The van der Waals surface area contributed by atoms with Gasteiger partial charge in [-0.3, -0.25) is 4.79 Å². The summed E-state index contributed by atoms with van der Waals surface area (Å²) in [7, 11) is 0. The number of hydrogen-bond acceptors (Lipinski definition) is 6. The molecule has 7 heteroatoms. The van der Waals surface area contributed by atoms with E-state index in [1.54, 1.807) is 28.7 Å². The first-order chi connectivity index (χ1) is 13.3. The van der Waals surface area contributed by atoms with E-state index < -0.39 is 0 Å². The topological polar surface area (TPSA) is 54.5 Å². The van der Waals surface area contributed by atoms with Gasteiger partial charge in [-0.1, -0.05) is 12.1 Å². The first-order valence-electron chi connectivity index (χ1n) is 8.68. The molecule has 3 aromatic rings. The zero-order chi connectivity index (χ0) is 18.5. The van der Waals surface area contributed by atoms with Crippen molar-refractivity contribution in [2.45, 2.75) is 0 Å². The van der Waals surface area contributed by atoms with Crippen LogP contribution in [0.3, 0.4) is 0 Å². The van der Waals surface area contributed by atoms with Crippen LogP contribution in [0, 0.1) is 0 Å². The number of aromatic nitrogens is 1. The van der Waals surface area contributed by atoms with Crippen molar-refractivity contribution < 1.29 is 9.53 Å². The molecule has 4 rings (SSSR count). The molecular weight excluding hydrogens is 378 g/mol. The third-order valence-corrected chi connectivity index (χ3v) is 5.80. The number of ether oxygens (including phenoxy) is 1. The third-order valence-electron chi connectivity index (χ3n) is 4.19. The molecule has 5 nitrogen and oxygen atoms in total. The average Bonchev–Trinajstić information content (AvgIpc) is 3.40. The number of benzene rings is 1. The van der Waals surface area contributed by atoms with Gasteiger partial charge < -0.3 is 15.0 Å². The maximum atomic E-state index is 12.0. The van der Waals surface area contributed by atoms with E-state index >= 15 is 0 Å². The molecule has 0 aliphatic carbocycles. The second-order valence-electron chi connectivity index (χ2n) is 6.07. The Bertz CT molecular complexity index is 911. The molecule has 1 aliphatic heterocycles. The second kappa shape index (κ2) is 8.47. The fraction of sp³-hybridized carbons (Fsp3) is 0.200. The monoisotopic (exact) mass is 397 g/mol. The lowest BCUT2D eigenvalue weighted by Gasteiger charge is -2.26. The van der Waals surface area contributed by atoms with Gasteiger partial charge in [-0.15, -0.1) is 11.3 Å². The van der Waals surface area contributed by atoms with Gasteiger partial charge in [0.1, 0.15) is 0 Å². The van der Waals surface area contributed by atoms with Crippen LogP contribution in [-0.4, -0.2) is 37.2 Å². The van der Waals surface area contributed by atoms with E-state index in [0.717, 1.165) is 53.9 Å². The normalized spacial score (nSPS) is 14.6. The highest BCUT2D eigenvalue weighted by molar-refractivity contribution is 7.14. The third kappa shape index (κ3) is 4.63. The Morgan fingerprint density at radius 3 is 2.70 bits per heavy atom. The summed E-state index contributed by atoms with van der Waals surface area (Å²) >= 11 is 3.26. The van der Waals surface area contributed by atoms with Gasteiger partial charge in [-0.05, 0) is 40.6 Å². The Kier molecular flexibility index (Phi) is 5.62. The Hall–Kier alpha value is -2.48. The highest BCUT2D eigenvalue weighted by Crippen LogP contribution is 2.28. The molecule has 1 fully saturated rings. The number of carbonyl (C=O) groups excluding carboxylic acids is 1. The molecule has 0 saturated carbocycles.